The number of halogens is 1. The molecule has 8 heteroatoms. The quantitative estimate of drug-likeness (QED) is 0.669. The Labute approximate surface area is 166 Å². The minimum absolute atomic E-state index is 0.337. The summed E-state index contributed by atoms with van der Waals surface area (Å²) in [5.74, 6) is 0.787. The molecule has 0 bridgehead atoms. The lowest BCUT2D eigenvalue weighted by Gasteiger charge is -2.19. The second-order valence-corrected chi connectivity index (χ2v) is 6.53. The van der Waals surface area contributed by atoms with Crippen LogP contribution in [0.15, 0.2) is 54.7 Å². The number of amides is 1. The van der Waals surface area contributed by atoms with Crippen molar-refractivity contribution in [1.82, 2.24) is 15.0 Å². The summed E-state index contributed by atoms with van der Waals surface area (Å²) in [6.45, 7) is 1.55. The van der Waals surface area contributed by atoms with Crippen LogP contribution in [0.3, 0.4) is 0 Å². The Hall–Kier alpha value is -3.32. The Morgan fingerprint density at radius 2 is 1.93 bits per heavy atom. The number of nitrogens with one attached hydrogen (secondary N) is 1. The molecular weight excluding hydrogens is 380 g/mol. The molecule has 0 aliphatic carbocycles. The lowest BCUT2D eigenvalue weighted by molar-refractivity contribution is -0.111. The van der Waals surface area contributed by atoms with Gasteiger partial charge in [-0.25, -0.2) is 4.68 Å². The van der Waals surface area contributed by atoms with Gasteiger partial charge in [0.15, 0.2) is 11.5 Å². The number of benzene rings is 2. The van der Waals surface area contributed by atoms with Crippen molar-refractivity contribution in [2.45, 2.75) is 6.54 Å². The summed E-state index contributed by atoms with van der Waals surface area (Å²) in [5.41, 5.74) is 2.15. The summed E-state index contributed by atoms with van der Waals surface area (Å²) in [4.78, 5) is 12.2. The average molecular weight is 397 g/mol. The molecule has 28 heavy (non-hydrogen) atoms. The molecule has 0 fully saturated rings. The van der Waals surface area contributed by atoms with Crippen LogP contribution in [0.4, 0.5) is 5.69 Å². The SMILES string of the molecule is O=C(C=Cc1cn(Cc2ccccc2)nn1)Nc1cc2c(cc1Cl)OCCO2. The minimum atomic E-state index is -0.337. The molecule has 7 nitrogen and oxygen atoms in total. The van der Waals surface area contributed by atoms with Gasteiger partial charge in [0.1, 0.15) is 18.9 Å². The topological polar surface area (TPSA) is 78.3 Å². The molecule has 0 saturated heterocycles. The van der Waals surface area contributed by atoms with E-state index in [0.29, 0.717) is 47.7 Å². The molecule has 0 spiro atoms. The number of hydrogen-bond donors (Lipinski definition) is 1. The van der Waals surface area contributed by atoms with Crippen molar-refractivity contribution >= 4 is 29.3 Å². The molecule has 0 saturated carbocycles. The van der Waals surface area contributed by atoms with Gasteiger partial charge in [-0.1, -0.05) is 47.1 Å². The fraction of sp³-hybridized carbons (Fsp3) is 0.150. The van der Waals surface area contributed by atoms with E-state index in [9.17, 15) is 4.79 Å². The molecule has 1 aliphatic rings. The first-order valence-electron chi connectivity index (χ1n) is 8.70. The lowest BCUT2D eigenvalue weighted by Crippen LogP contribution is -2.16. The summed E-state index contributed by atoms with van der Waals surface area (Å²) in [6.07, 6.45) is 4.74. The Balaban J connectivity index is 1.39. The highest BCUT2D eigenvalue weighted by Crippen LogP contribution is 2.37. The molecule has 0 radical (unpaired) electrons. The van der Waals surface area contributed by atoms with Gasteiger partial charge in [0.05, 0.1) is 23.5 Å². The predicted molar refractivity (Wildman–Crippen MR) is 106 cm³/mol. The van der Waals surface area contributed by atoms with E-state index in [2.05, 4.69) is 15.6 Å². The van der Waals surface area contributed by atoms with Crippen LogP contribution in [0, 0.1) is 0 Å². The third kappa shape index (κ3) is 4.32. The summed E-state index contributed by atoms with van der Waals surface area (Å²) < 4.78 is 12.7. The number of rotatable bonds is 5. The van der Waals surface area contributed by atoms with Gasteiger partial charge in [-0.05, 0) is 11.6 Å². The largest absolute Gasteiger partial charge is 0.486 e. The Morgan fingerprint density at radius 3 is 2.71 bits per heavy atom. The number of hydrogen-bond acceptors (Lipinski definition) is 5. The molecule has 1 amide bonds. The Bertz CT molecular complexity index is 1020. The second-order valence-electron chi connectivity index (χ2n) is 6.12. The monoisotopic (exact) mass is 396 g/mol. The smallest absolute Gasteiger partial charge is 0.248 e. The van der Waals surface area contributed by atoms with Gasteiger partial charge >= 0.3 is 0 Å². The van der Waals surface area contributed by atoms with Crippen molar-refractivity contribution in [3.05, 3.63) is 71.0 Å². The first-order chi connectivity index (χ1) is 13.7. The van der Waals surface area contributed by atoms with Gasteiger partial charge in [-0.15, -0.1) is 5.10 Å². The maximum atomic E-state index is 12.2. The molecule has 1 aromatic heterocycles. The normalized spacial score (nSPS) is 12.9. The van der Waals surface area contributed by atoms with Crippen LogP contribution in [-0.2, 0) is 11.3 Å². The van der Waals surface area contributed by atoms with E-state index in [1.807, 2.05) is 30.3 Å². The fourth-order valence-electron chi connectivity index (χ4n) is 2.73. The third-order valence-electron chi connectivity index (χ3n) is 4.04. The molecule has 142 valence electrons. The van der Waals surface area contributed by atoms with Gasteiger partial charge in [-0.3, -0.25) is 4.79 Å². The van der Waals surface area contributed by atoms with Gasteiger partial charge in [0, 0.05) is 18.2 Å². The minimum Gasteiger partial charge on any atom is -0.486 e. The number of anilines is 1. The van der Waals surface area contributed by atoms with Gasteiger partial charge < -0.3 is 14.8 Å². The maximum absolute atomic E-state index is 12.2. The van der Waals surface area contributed by atoms with E-state index in [4.69, 9.17) is 21.1 Å². The van der Waals surface area contributed by atoms with Crippen molar-refractivity contribution < 1.29 is 14.3 Å². The van der Waals surface area contributed by atoms with Crippen LogP contribution in [0.25, 0.3) is 6.08 Å². The van der Waals surface area contributed by atoms with Crippen LogP contribution < -0.4 is 14.8 Å². The van der Waals surface area contributed by atoms with E-state index < -0.39 is 0 Å². The molecule has 1 aliphatic heterocycles. The van der Waals surface area contributed by atoms with Crippen molar-refractivity contribution in [2.24, 2.45) is 0 Å². The van der Waals surface area contributed by atoms with Crippen molar-refractivity contribution in [1.29, 1.82) is 0 Å². The van der Waals surface area contributed by atoms with Crippen LogP contribution in [0.5, 0.6) is 11.5 Å². The molecule has 2 aromatic carbocycles. The van der Waals surface area contributed by atoms with Crippen LogP contribution in [0.1, 0.15) is 11.3 Å². The highest BCUT2D eigenvalue weighted by atomic mass is 35.5. The number of aromatic nitrogens is 3. The molecule has 3 aromatic rings. The lowest BCUT2D eigenvalue weighted by atomic mass is 10.2. The molecule has 0 atom stereocenters. The summed E-state index contributed by atoms with van der Waals surface area (Å²) in [6, 6.07) is 13.2. The zero-order valence-corrected chi connectivity index (χ0v) is 15.6. The third-order valence-corrected chi connectivity index (χ3v) is 4.35. The highest BCUT2D eigenvalue weighted by molar-refractivity contribution is 6.34. The predicted octanol–water partition coefficient (Wildman–Crippen LogP) is 3.40. The summed E-state index contributed by atoms with van der Waals surface area (Å²) >= 11 is 6.20. The first-order valence-corrected chi connectivity index (χ1v) is 9.07. The van der Waals surface area contributed by atoms with E-state index in [1.54, 1.807) is 29.1 Å². The van der Waals surface area contributed by atoms with Crippen LogP contribution in [-0.4, -0.2) is 34.1 Å². The van der Waals surface area contributed by atoms with E-state index in [-0.39, 0.29) is 5.91 Å². The van der Waals surface area contributed by atoms with Gasteiger partial charge in [0.25, 0.3) is 0 Å². The van der Waals surface area contributed by atoms with Crippen LogP contribution >= 0.6 is 11.6 Å². The highest BCUT2D eigenvalue weighted by Gasteiger charge is 2.15. The number of carbonyl (C=O) groups excluding carboxylic acids is 1. The average Bonchev–Trinajstić information content (AvgIpc) is 3.15. The second kappa shape index (κ2) is 8.14. The molecule has 4 rings (SSSR count). The molecule has 1 N–H and O–H groups in total. The number of carbonyl (C=O) groups is 1. The summed E-state index contributed by atoms with van der Waals surface area (Å²) in [7, 11) is 0. The number of ether oxygens (including phenoxy) is 2. The van der Waals surface area contributed by atoms with Crippen molar-refractivity contribution in [3.63, 3.8) is 0 Å². The Kier molecular flexibility index (Phi) is 5.25. The van der Waals surface area contributed by atoms with Gasteiger partial charge in [-0.2, -0.15) is 0 Å². The summed E-state index contributed by atoms with van der Waals surface area (Å²) in [5, 5.41) is 11.2. The number of nitrogens with zero attached hydrogens (tertiary/aromatic N) is 3. The maximum Gasteiger partial charge on any atom is 0.248 e. The van der Waals surface area contributed by atoms with E-state index >= 15 is 0 Å². The Morgan fingerprint density at radius 1 is 1.18 bits per heavy atom. The zero-order chi connectivity index (χ0) is 19.3. The molecule has 0 unspecified atom stereocenters. The first kappa shape index (κ1) is 18.1. The number of fused-ring (bicyclic) bond motifs is 1. The van der Waals surface area contributed by atoms with Crippen molar-refractivity contribution in [2.75, 3.05) is 18.5 Å². The van der Waals surface area contributed by atoms with E-state index in [1.165, 1.54) is 6.08 Å². The molecular formula is C20H17ClN4O3. The van der Waals surface area contributed by atoms with Crippen LogP contribution in [0.2, 0.25) is 5.02 Å². The van der Waals surface area contributed by atoms with E-state index in [0.717, 1.165) is 5.56 Å². The van der Waals surface area contributed by atoms with Crippen molar-refractivity contribution in [3.8, 4) is 11.5 Å². The molecule has 2 heterocycles. The van der Waals surface area contributed by atoms with Gasteiger partial charge in [0.2, 0.25) is 5.91 Å². The zero-order valence-electron chi connectivity index (χ0n) is 14.8. The fourth-order valence-corrected chi connectivity index (χ4v) is 2.93. The standard InChI is InChI=1S/C20H17ClN4O3/c21-16-10-18-19(28-9-8-27-18)11-17(16)22-20(26)7-6-15-13-25(24-23-15)12-14-4-2-1-3-5-14/h1-7,10-11,13H,8-9,12H2,(H,22,26).